The molecule has 3 aromatic carbocycles. The van der Waals surface area contributed by atoms with Crippen molar-refractivity contribution in [2.75, 3.05) is 23.8 Å². The highest BCUT2D eigenvalue weighted by Gasteiger charge is 2.36. The van der Waals surface area contributed by atoms with Crippen molar-refractivity contribution in [3.05, 3.63) is 93.1 Å². The molecule has 0 unspecified atom stereocenters. The Morgan fingerprint density at radius 1 is 1.00 bits per heavy atom. The number of imide groups is 1. The highest BCUT2D eigenvalue weighted by Crippen LogP contribution is 2.34. The number of nitrogens with zero attached hydrogens (tertiary/aromatic N) is 1. The lowest BCUT2D eigenvalue weighted by molar-refractivity contribution is -0.127. The molecule has 1 saturated heterocycles. The molecule has 4 rings (SSSR count). The van der Waals surface area contributed by atoms with E-state index >= 15 is 0 Å². The van der Waals surface area contributed by atoms with Gasteiger partial charge in [0.15, 0.2) is 6.61 Å². The van der Waals surface area contributed by atoms with Gasteiger partial charge >= 0.3 is 0 Å². The summed E-state index contributed by atoms with van der Waals surface area (Å²) in [4.78, 5) is 50.9. The van der Waals surface area contributed by atoms with Crippen LogP contribution in [0.2, 0.25) is 5.02 Å². The number of benzene rings is 3. The molecule has 0 spiro atoms. The minimum atomic E-state index is -0.595. The number of nitrogens with one attached hydrogen (secondary N) is 2. The quantitative estimate of drug-likeness (QED) is 0.334. The van der Waals surface area contributed by atoms with Gasteiger partial charge in [0.25, 0.3) is 17.1 Å². The SMILES string of the molecule is Cc1ccc(NC(=O)CN2C(=O)S/C(=C\c3ccc(OCC(=O)Nc4ccccc4F)c(Cl)c3)C2=O)c(C)c1. The maximum atomic E-state index is 13.7. The van der Waals surface area contributed by atoms with E-state index in [1.807, 2.05) is 26.0 Å². The molecule has 0 aliphatic carbocycles. The third-order valence-corrected chi connectivity index (χ3v) is 6.79. The Morgan fingerprint density at radius 2 is 1.74 bits per heavy atom. The molecule has 8 nitrogen and oxygen atoms in total. The van der Waals surface area contributed by atoms with E-state index in [0.29, 0.717) is 23.0 Å². The highest BCUT2D eigenvalue weighted by atomic mass is 35.5. The van der Waals surface area contributed by atoms with Crippen LogP contribution < -0.4 is 15.4 Å². The van der Waals surface area contributed by atoms with Crippen LogP contribution in [-0.4, -0.2) is 41.0 Å². The Labute approximate surface area is 233 Å². The van der Waals surface area contributed by atoms with Crippen molar-refractivity contribution < 1.29 is 28.3 Å². The molecule has 3 aromatic rings. The molecular formula is C28H23ClFN3O5S. The van der Waals surface area contributed by atoms with E-state index in [1.165, 1.54) is 36.4 Å². The summed E-state index contributed by atoms with van der Waals surface area (Å²) in [7, 11) is 0. The molecule has 0 bridgehead atoms. The van der Waals surface area contributed by atoms with E-state index in [9.17, 15) is 23.6 Å². The molecule has 1 heterocycles. The van der Waals surface area contributed by atoms with Gasteiger partial charge in [-0.25, -0.2) is 4.39 Å². The van der Waals surface area contributed by atoms with Crippen molar-refractivity contribution in [1.29, 1.82) is 0 Å². The normalized spacial score (nSPS) is 14.1. The summed E-state index contributed by atoms with van der Waals surface area (Å²) in [5.74, 6) is -2.03. The van der Waals surface area contributed by atoms with Gasteiger partial charge in [0.2, 0.25) is 5.91 Å². The number of ether oxygens (including phenoxy) is 1. The van der Waals surface area contributed by atoms with Crippen LogP contribution in [0, 0.1) is 19.7 Å². The summed E-state index contributed by atoms with van der Waals surface area (Å²) in [5, 5.41) is 4.74. The third-order valence-electron chi connectivity index (χ3n) is 5.59. The second kappa shape index (κ2) is 12.1. The summed E-state index contributed by atoms with van der Waals surface area (Å²) < 4.78 is 19.1. The second-order valence-corrected chi connectivity index (χ2v) is 10.0. The smallest absolute Gasteiger partial charge is 0.294 e. The first-order valence-corrected chi connectivity index (χ1v) is 12.9. The first kappa shape index (κ1) is 27.9. The van der Waals surface area contributed by atoms with E-state index in [1.54, 1.807) is 18.2 Å². The average molecular weight is 568 g/mol. The van der Waals surface area contributed by atoms with Gasteiger partial charge < -0.3 is 15.4 Å². The number of hydrogen-bond donors (Lipinski definition) is 2. The van der Waals surface area contributed by atoms with E-state index in [4.69, 9.17) is 16.3 Å². The van der Waals surface area contributed by atoms with Gasteiger partial charge in [0.1, 0.15) is 18.1 Å². The van der Waals surface area contributed by atoms with Crippen LogP contribution in [0.4, 0.5) is 20.6 Å². The van der Waals surface area contributed by atoms with Crippen LogP contribution in [0.3, 0.4) is 0 Å². The average Bonchev–Trinajstić information content (AvgIpc) is 3.14. The molecule has 200 valence electrons. The van der Waals surface area contributed by atoms with E-state index in [0.717, 1.165) is 16.0 Å². The fourth-order valence-corrected chi connectivity index (χ4v) is 4.77. The molecule has 39 heavy (non-hydrogen) atoms. The Kier molecular flexibility index (Phi) is 8.68. The lowest BCUT2D eigenvalue weighted by Gasteiger charge is -2.14. The van der Waals surface area contributed by atoms with Gasteiger partial charge in [-0.2, -0.15) is 0 Å². The second-order valence-electron chi connectivity index (χ2n) is 8.64. The van der Waals surface area contributed by atoms with Crippen molar-refractivity contribution in [3.63, 3.8) is 0 Å². The zero-order valence-corrected chi connectivity index (χ0v) is 22.5. The number of hydrogen-bond acceptors (Lipinski definition) is 6. The highest BCUT2D eigenvalue weighted by molar-refractivity contribution is 8.18. The zero-order chi connectivity index (χ0) is 28.1. The first-order valence-electron chi connectivity index (χ1n) is 11.7. The van der Waals surface area contributed by atoms with Crippen molar-refractivity contribution in [2.24, 2.45) is 0 Å². The van der Waals surface area contributed by atoms with E-state index < -0.39 is 41.9 Å². The van der Waals surface area contributed by atoms with Gasteiger partial charge in [0.05, 0.1) is 15.6 Å². The molecule has 4 amide bonds. The standard InChI is InChI=1S/C28H23ClFN3O5S/c1-16-7-9-21(17(2)11-16)31-25(34)14-33-27(36)24(39-28(33)37)13-18-8-10-23(19(29)12-18)38-15-26(35)32-22-6-4-3-5-20(22)30/h3-13H,14-15H2,1-2H3,(H,31,34)(H,32,35)/b24-13-. The molecule has 0 atom stereocenters. The fourth-order valence-electron chi connectivity index (χ4n) is 3.69. The summed E-state index contributed by atoms with van der Waals surface area (Å²) in [6.45, 7) is 2.97. The van der Waals surface area contributed by atoms with Crippen molar-refractivity contribution in [1.82, 2.24) is 4.90 Å². The maximum Gasteiger partial charge on any atom is 0.294 e. The van der Waals surface area contributed by atoms with Crippen LogP contribution in [0.25, 0.3) is 6.08 Å². The summed E-state index contributed by atoms with van der Waals surface area (Å²) in [5.41, 5.74) is 3.06. The number of carbonyl (C=O) groups is 4. The Balaban J connectivity index is 1.36. The number of amides is 4. The third kappa shape index (κ3) is 7.04. The molecule has 2 N–H and O–H groups in total. The number of anilines is 2. The van der Waals surface area contributed by atoms with Crippen molar-refractivity contribution in [2.45, 2.75) is 13.8 Å². The fraction of sp³-hybridized carbons (Fsp3) is 0.143. The Bertz CT molecular complexity index is 1510. The molecule has 11 heteroatoms. The predicted molar refractivity (Wildman–Crippen MR) is 149 cm³/mol. The van der Waals surface area contributed by atoms with Gasteiger partial charge in [-0.15, -0.1) is 0 Å². The zero-order valence-electron chi connectivity index (χ0n) is 20.9. The van der Waals surface area contributed by atoms with Crippen LogP contribution in [-0.2, 0) is 14.4 Å². The number of para-hydroxylation sites is 1. The van der Waals surface area contributed by atoms with E-state index in [-0.39, 0.29) is 21.4 Å². The molecule has 0 aromatic heterocycles. The summed E-state index contributed by atoms with van der Waals surface area (Å²) >= 11 is 6.99. The van der Waals surface area contributed by atoms with Crippen molar-refractivity contribution >= 4 is 63.8 Å². The first-order chi connectivity index (χ1) is 18.6. The lowest BCUT2D eigenvalue weighted by atomic mass is 10.1. The largest absolute Gasteiger partial charge is 0.482 e. The Hall–Kier alpha value is -4.15. The Morgan fingerprint density at radius 3 is 2.46 bits per heavy atom. The molecule has 1 aliphatic heterocycles. The molecule has 0 saturated carbocycles. The summed E-state index contributed by atoms with van der Waals surface area (Å²) in [6, 6.07) is 15.9. The number of rotatable bonds is 8. The van der Waals surface area contributed by atoms with Crippen LogP contribution in [0.5, 0.6) is 5.75 Å². The number of thioether (sulfide) groups is 1. The summed E-state index contributed by atoms with van der Waals surface area (Å²) in [6.07, 6.45) is 1.48. The van der Waals surface area contributed by atoms with Crippen LogP contribution >= 0.6 is 23.4 Å². The topological polar surface area (TPSA) is 105 Å². The molecule has 1 aliphatic rings. The minimum absolute atomic E-state index is 0.0317. The van der Waals surface area contributed by atoms with Crippen LogP contribution in [0.15, 0.2) is 65.6 Å². The van der Waals surface area contributed by atoms with E-state index in [2.05, 4.69) is 10.6 Å². The van der Waals surface area contributed by atoms with Gasteiger partial charge in [0, 0.05) is 5.69 Å². The van der Waals surface area contributed by atoms with Crippen molar-refractivity contribution in [3.8, 4) is 5.75 Å². The molecule has 0 radical (unpaired) electrons. The predicted octanol–water partition coefficient (Wildman–Crippen LogP) is 5.79. The molecule has 1 fully saturated rings. The van der Waals surface area contributed by atoms with Gasteiger partial charge in [-0.1, -0.05) is 47.5 Å². The van der Waals surface area contributed by atoms with Gasteiger partial charge in [-0.3, -0.25) is 24.1 Å². The lowest BCUT2D eigenvalue weighted by Crippen LogP contribution is -2.36. The maximum absolute atomic E-state index is 13.7. The molecular weight excluding hydrogens is 545 g/mol. The van der Waals surface area contributed by atoms with Gasteiger partial charge in [-0.05, 0) is 73.1 Å². The monoisotopic (exact) mass is 567 g/mol. The van der Waals surface area contributed by atoms with Crippen LogP contribution in [0.1, 0.15) is 16.7 Å². The number of aryl methyl sites for hydroxylation is 2. The number of carbonyl (C=O) groups excluding carboxylic acids is 4. The minimum Gasteiger partial charge on any atom is -0.482 e. The number of halogens is 2.